The average molecular weight is 460 g/mol. The van der Waals surface area contributed by atoms with E-state index in [0.717, 1.165) is 11.3 Å². The summed E-state index contributed by atoms with van der Waals surface area (Å²) < 4.78 is 4.98. The molecule has 1 saturated heterocycles. The van der Waals surface area contributed by atoms with Crippen LogP contribution in [0.25, 0.3) is 0 Å². The molecule has 2 unspecified atom stereocenters. The fourth-order valence-electron chi connectivity index (χ4n) is 3.62. The third kappa shape index (κ3) is 4.88. The van der Waals surface area contributed by atoms with Crippen LogP contribution in [-0.4, -0.2) is 54.2 Å². The minimum absolute atomic E-state index is 0.0115. The van der Waals surface area contributed by atoms with E-state index in [1.54, 1.807) is 13.1 Å². The Balaban J connectivity index is 1.81. The fourth-order valence-corrected chi connectivity index (χ4v) is 4.73. The van der Waals surface area contributed by atoms with Gasteiger partial charge in [0.25, 0.3) is 11.8 Å². The predicted octanol–water partition coefficient (Wildman–Crippen LogP) is 1.55. The number of pyridine rings is 1. The smallest absolute Gasteiger partial charge is 0.313 e. The first kappa shape index (κ1) is 23.2. The van der Waals surface area contributed by atoms with Crippen LogP contribution in [0.1, 0.15) is 50.7 Å². The van der Waals surface area contributed by atoms with Gasteiger partial charge in [0.2, 0.25) is 5.88 Å². The lowest BCUT2D eigenvalue weighted by atomic mass is 9.93. The van der Waals surface area contributed by atoms with E-state index in [2.05, 4.69) is 15.6 Å². The van der Waals surface area contributed by atoms with Gasteiger partial charge in [0.15, 0.2) is 0 Å². The molecule has 0 aliphatic carbocycles. The number of primary amides is 1. The number of hydrogen-bond donors (Lipinski definition) is 3. The van der Waals surface area contributed by atoms with E-state index in [1.807, 2.05) is 13.0 Å². The van der Waals surface area contributed by atoms with Gasteiger partial charge in [-0.05, 0) is 37.0 Å². The van der Waals surface area contributed by atoms with Gasteiger partial charge in [0.1, 0.15) is 5.56 Å². The Hall–Kier alpha value is -3.47. The Morgan fingerprint density at radius 3 is 2.66 bits per heavy atom. The van der Waals surface area contributed by atoms with Crippen LogP contribution in [0.15, 0.2) is 24.4 Å². The molecule has 10 nitrogen and oxygen atoms in total. The van der Waals surface area contributed by atoms with Crippen molar-refractivity contribution in [3.63, 3.8) is 0 Å². The number of hydrogen-bond acceptors (Lipinski definition) is 7. The molecule has 2 aromatic rings. The molecule has 2 atom stereocenters. The minimum Gasteiger partial charge on any atom is -0.480 e. The van der Waals surface area contributed by atoms with Crippen LogP contribution in [-0.2, 0) is 9.59 Å². The number of amides is 4. The van der Waals surface area contributed by atoms with Crippen LogP contribution in [0.3, 0.4) is 0 Å². The zero-order chi connectivity index (χ0) is 23.4. The number of carbonyl (C=O) groups excluding carboxylic acids is 4. The number of thiophene rings is 1. The molecule has 0 saturated carbocycles. The highest BCUT2D eigenvalue weighted by Crippen LogP contribution is 2.37. The van der Waals surface area contributed by atoms with Crippen LogP contribution in [0.2, 0.25) is 0 Å². The van der Waals surface area contributed by atoms with Crippen molar-refractivity contribution in [2.24, 2.45) is 11.7 Å². The second-order valence-corrected chi connectivity index (χ2v) is 8.65. The molecule has 1 fully saturated rings. The van der Waals surface area contributed by atoms with Crippen LogP contribution >= 0.6 is 11.3 Å². The Morgan fingerprint density at radius 2 is 2.00 bits per heavy atom. The third-order valence-corrected chi connectivity index (χ3v) is 6.43. The quantitative estimate of drug-likeness (QED) is 0.579. The van der Waals surface area contributed by atoms with Gasteiger partial charge >= 0.3 is 11.8 Å². The standard InChI is InChI=1S/C21H25N5O5S/c1-11-4-5-14(15-6-7-16(32-15)18(28)23-2)26(10-11)21(30)19(29)25-12-8-13(17(22)27)20(31-3)24-9-12/h6-9,11,14H,4-5,10H2,1-3H3,(H2,22,27)(H,23,28)(H,25,29). The largest absolute Gasteiger partial charge is 0.480 e. The van der Waals surface area contributed by atoms with Gasteiger partial charge < -0.3 is 26.0 Å². The fraction of sp³-hybridized carbons (Fsp3) is 0.381. The highest BCUT2D eigenvalue weighted by atomic mass is 32.1. The van der Waals surface area contributed by atoms with Crippen molar-refractivity contribution in [2.45, 2.75) is 25.8 Å². The van der Waals surface area contributed by atoms with Crippen LogP contribution in [0, 0.1) is 5.92 Å². The van der Waals surface area contributed by atoms with Crippen molar-refractivity contribution in [3.8, 4) is 5.88 Å². The molecule has 3 rings (SSSR count). The molecule has 0 aromatic carbocycles. The Morgan fingerprint density at radius 1 is 1.25 bits per heavy atom. The third-order valence-electron chi connectivity index (χ3n) is 5.25. The Labute approximate surface area is 189 Å². The number of anilines is 1. The second kappa shape index (κ2) is 9.77. The number of carbonyl (C=O) groups is 4. The summed E-state index contributed by atoms with van der Waals surface area (Å²) in [6, 6.07) is 4.54. The molecule has 0 radical (unpaired) electrons. The van der Waals surface area contributed by atoms with Crippen molar-refractivity contribution in [2.75, 3.05) is 26.0 Å². The van der Waals surface area contributed by atoms with E-state index in [-0.39, 0.29) is 35.0 Å². The number of methoxy groups -OCH3 is 1. The first-order valence-corrected chi connectivity index (χ1v) is 10.8. The van der Waals surface area contributed by atoms with Crippen molar-refractivity contribution < 1.29 is 23.9 Å². The molecule has 11 heteroatoms. The minimum atomic E-state index is -0.852. The van der Waals surface area contributed by atoms with Gasteiger partial charge in [-0.2, -0.15) is 0 Å². The number of nitrogens with one attached hydrogen (secondary N) is 2. The summed E-state index contributed by atoms with van der Waals surface area (Å²) in [4.78, 5) is 56.2. The maximum absolute atomic E-state index is 13.1. The number of aromatic nitrogens is 1. The van der Waals surface area contributed by atoms with Gasteiger partial charge in [-0.15, -0.1) is 11.3 Å². The summed E-state index contributed by atoms with van der Waals surface area (Å²) in [5.74, 6) is -2.27. The zero-order valence-corrected chi connectivity index (χ0v) is 18.8. The summed E-state index contributed by atoms with van der Waals surface area (Å²) in [5.41, 5.74) is 5.46. The normalized spacial score (nSPS) is 18.0. The first-order valence-electron chi connectivity index (χ1n) is 10.0. The summed E-state index contributed by atoms with van der Waals surface area (Å²) in [6.07, 6.45) is 2.86. The van der Waals surface area contributed by atoms with Crippen molar-refractivity contribution in [3.05, 3.63) is 39.7 Å². The number of nitrogens with two attached hydrogens (primary N) is 1. The second-order valence-electron chi connectivity index (χ2n) is 7.54. The first-order chi connectivity index (χ1) is 15.2. The predicted molar refractivity (Wildman–Crippen MR) is 118 cm³/mol. The number of piperidine rings is 1. The highest BCUT2D eigenvalue weighted by molar-refractivity contribution is 7.14. The molecule has 1 aliphatic rings. The van der Waals surface area contributed by atoms with Crippen molar-refractivity contribution in [1.29, 1.82) is 0 Å². The van der Waals surface area contributed by atoms with Gasteiger partial charge in [-0.25, -0.2) is 4.98 Å². The molecule has 170 valence electrons. The Kier molecular flexibility index (Phi) is 7.08. The molecule has 2 aromatic heterocycles. The molecule has 3 heterocycles. The zero-order valence-electron chi connectivity index (χ0n) is 18.0. The van der Waals surface area contributed by atoms with E-state index >= 15 is 0 Å². The van der Waals surface area contributed by atoms with E-state index in [1.165, 1.54) is 35.6 Å². The van der Waals surface area contributed by atoms with Gasteiger partial charge in [0.05, 0.1) is 29.9 Å². The maximum atomic E-state index is 13.1. The molecule has 32 heavy (non-hydrogen) atoms. The molecule has 4 N–H and O–H groups in total. The number of likely N-dealkylation sites (tertiary alicyclic amines) is 1. The van der Waals surface area contributed by atoms with E-state index in [9.17, 15) is 19.2 Å². The van der Waals surface area contributed by atoms with E-state index < -0.39 is 17.7 Å². The SMILES string of the molecule is CNC(=O)c1ccc(C2CCC(C)CN2C(=O)C(=O)Nc2cnc(OC)c(C(N)=O)c2)s1. The summed E-state index contributed by atoms with van der Waals surface area (Å²) >= 11 is 1.31. The molecule has 0 bridgehead atoms. The lowest BCUT2D eigenvalue weighted by molar-refractivity contribution is -0.146. The number of ether oxygens (including phenoxy) is 1. The summed E-state index contributed by atoms with van der Waals surface area (Å²) in [5, 5.41) is 5.07. The van der Waals surface area contributed by atoms with Crippen molar-refractivity contribution in [1.82, 2.24) is 15.2 Å². The van der Waals surface area contributed by atoms with Crippen molar-refractivity contribution >= 4 is 40.7 Å². The maximum Gasteiger partial charge on any atom is 0.313 e. The molecular formula is C21H25N5O5S. The molecule has 1 aliphatic heterocycles. The molecule has 0 spiro atoms. The van der Waals surface area contributed by atoms with Crippen LogP contribution in [0.5, 0.6) is 5.88 Å². The molecule has 4 amide bonds. The molecular weight excluding hydrogens is 434 g/mol. The number of rotatable bonds is 5. The topological polar surface area (TPSA) is 144 Å². The summed E-state index contributed by atoms with van der Waals surface area (Å²) in [6.45, 7) is 2.43. The van der Waals surface area contributed by atoms with Gasteiger partial charge in [-0.3, -0.25) is 19.2 Å². The average Bonchev–Trinajstić information content (AvgIpc) is 3.27. The highest BCUT2D eigenvalue weighted by Gasteiger charge is 2.35. The van der Waals surface area contributed by atoms with E-state index in [0.29, 0.717) is 17.8 Å². The summed E-state index contributed by atoms with van der Waals surface area (Å²) in [7, 11) is 2.90. The lowest BCUT2D eigenvalue weighted by Crippen LogP contribution is -2.46. The Bertz CT molecular complexity index is 1050. The van der Waals surface area contributed by atoms with Gasteiger partial charge in [-0.1, -0.05) is 6.92 Å². The monoisotopic (exact) mass is 459 g/mol. The van der Waals surface area contributed by atoms with E-state index in [4.69, 9.17) is 10.5 Å². The number of nitrogens with zero attached hydrogens (tertiary/aromatic N) is 2. The van der Waals surface area contributed by atoms with Crippen LogP contribution in [0.4, 0.5) is 5.69 Å². The lowest BCUT2D eigenvalue weighted by Gasteiger charge is -2.37. The van der Waals surface area contributed by atoms with Gasteiger partial charge in [0, 0.05) is 18.5 Å². The van der Waals surface area contributed by atoms with Crippen LogP contribution < -0.4 is 21.1 Å².